The van der Waals surface area contributed by atoms with Crippen LogP contribution in [0.4, 0.5) is 5.95 Å². The summed E-state index contributed by atoms with van der Waals surface area (Å²) in [6.45, 7) is 4.03. The highest BCUT2D eigenvalue weighted by molar-refractivity contribution is 5.92. The van der Waals surface area contributed by atoms with Gasteiger partial charge in [-0.2, -0.15) is 0 Å². The lowest BCUT2D eigenvalue weighted by atomic mass is 10.1. The van der Waals surface area contributed by atoms with Gasteiger partial charge in [0.2, 0.25) is 5.95 Å². The molecule has 0 aliphatic carbocycles. The molecule has 6 nitrogen and oxygen atoms in total. The first kappa shape index (κ1) is 13.2. The van der Waals surface area contributed by atoms with Crippen molar-refractivity contribution >= 4 is 17.0 Å². The topological polar surface area (TPSA) is 60.9 Å². The molecule has 4 rings (SSSR count). The Kier molecular flexibility index (Phi) is 3.23. The molecule has 0 aromatic carbocycles. The molecule has 0 spiro atoms. The van der Waals surface area contributed by atoms with Gasteiger partial charge in [-0.15, -0.1) is 0 Å². The fourth-order valence-corrected chi connectivity index (χ4v) is 2.83. The average molecular weight is 294 g/mol. The first-order valence-electron chi connectivity index (χ1n) is 7.50. The summed E-state index contributed by atoms with van der Waals surface area (Å²) < 4.78 is 0. The predicted octanol–water partition coefficient (Wildman–Crippen LogP) is 1.77. The highest BCUT2D eigenvalue weighted by Gasteiger charge is 2.17. The van der Waals surface area contributed by atoms with Gasteiger partial charge in [0.15, 0.2) is 0 Å². The van der Waals surface area contributed by atoms with Gasteiger partial charge in [0.1, 0.15) is 5.65 Å². The van der Waals surface area contributed by atoms with E-state index in [2.05, 4.69) is 37.9 Å². The van der Waals surface area contributed by atoms with Crippen molar-refractivity contribution < 1.29 is 0 Å². The number of hydrogen-bond donors (Lipinski definition) is 1. The van der Waals surface area contributed by atoms with E-state index in [1.165, 1.54) is 0 Å². The number of pyridine rings is 1. The van der Waals surface area contributed by atoms with Crippen LogP contribution in [0, 0.1) is 0 Å². The highest BCUT2D eigenvalue weighted by atomic mass is 15.3. The van der Waals surface area contributed by atoms with Crippen LogP contribution in [0.1, 0.15) is 0 Å². The number of fused-ring (bicyclic) bond motifs is 1. The van der Waals surface area contributed by atoms with E-state index in [1.54, 1.807) is 6.20 Å². The van der Waals surface area contributed by atoms with Crippen LogP contribution in [0.5, 0.6) is 0 Å². The minimum absolute atomic E-state index is 0.809. The standard InChI is InChI=1S/C16H18N6/c1-21-7-9-22(10-8-21)16-18-6-4-14(20-16)13-11-19-15-12(13)3-2-5-17-15/h2-6,11H,7-10H2,1H3,(H,17,19). The first-order valence-corrected chi connectivity index (χ1v) is 7.50. The van der Waals surface area contributed by atoms with Crippen molar-refractivity contribution in [1.82, 2.24) is 24.8 Å². The zero-order valence-corrected chi connectivity index (χ0v) is 12.5. The van der Waals surface area contributed by atoms with E-state index in [0.29, 0.717) is 0 Å². The Morgan fingerprint density at radius 1 is 1.05 bits per heavy atom. The molecule has 1 fully saturated rings. The predicted molar refractivity (Wildman–Crippen MR) is 86.8 cm³/mol. The zero-order chi connectivity index (χ0) is 14.9. The monoisotopic (exact) mass is 294 g/mol. The van der Waals surface area contributed by atoms with Gasteiger partial charge in [0.05, 0.1) is 5.69 Å². The van der Waals surface area contributed by atoms with Crippen LogP contribution in [-0.2, 0) is 0 Å². The molecule has 0 unspecified atom stereocenters. The molecule has 1 N–H and O–H groups in total. The molecule has 3 aromatic rings. The number of aromatic amines is 1. The molecule has 4 heterocycles. The molecule has 6 heteroatoms. The number of nitrogens with one attached hydrogen (secondary N) is 1. The van der Waals surface area contributed by atoms with E-state index in [-0.39, 0.29) is 0 Å². The quantitative estimate of drug-likeness (QED) is 0.780. The number of nitrogens with zero attached hydrogens (tertiary/aromatic N) is 5. The van der Waals surface area contributed by atoms with E-state index in [0.717, 1.165) is 54.4 Å². The van der Waals surface area contributed by atoms with E-state index < -0.39 is 0 Å². The van der Waals surface area contributed by atoms with Crippen molar-refractivity contribution in [3.63, 3.8) is 0 Å². The van der Waals surface area contributed by atoms with Crippen molar-refractivity contribution in [3.05, 3.63) is 36.8 Å². The molecule has 0 radical (unpaired) electrons. The Labute approximate surface area is 128 Å². The zero-order valence-electron chi connectivity index (χ0n) is 12.5. The lowest BCUT2D eigenvalue weighted by Gasteiger charge is -2.32. The lowest BCUT2D eigenvalue weighted by Crippen LogP contribution is -2.45. The second kappa shape index (κ2) is 5.38. The molecule has 0 amide bonds. The fourth-order valence-electron chi connectivity index (χ4n) is 2.83. The first-order chi connectivity index (χ1) is 10.8. The summed E-state index contributed by atoms with van der Waals surface area (Å²) in [5.41, 5.74) is 2.89. The van der Waals surface area contributed by atoms with Crippen LogP contribution in [0.15, 0.2) is 36.8 Å². The van der Waals surface area contributed by atoms with E-state index in [1.807, 2.05) is 24.5 Å². The molecule has 1 aliphatic heterocycles. The summed E-state index contributed by atoms with van der Waals surface area (Å²) in [7, 11) is 2.15. The van der Waals surface area contributed by atoms with E-state index in [9.17, 15) is 0 Å². The smallest absolute Gasteiger partial charge is 0.225 e. The number of piperazine rings is 1. The molecule has 0 saturated carbocycles. The Bertz CT molecular complexity index is 788. The summed E-state index contributed by atoms with van der Waals surface area (Å²) in [5.74, 6) is 0.809. The molecule has 0 atom stereocenters. The number of aromatic nitrogens is 4. The minimum Gasteiger partial charge on any atom is -0.345 e. The Morgan fingerprint density at radius 2 is 1.91 bits per heavy atom. The third-order valence-electron chi connectivity index (χ3n) is 4.16. The van der Waals surface area contributed by atoms with Gasteiger partial charge in [-0.1, -0.05) is 0 Å². The number of H-pyrrole nitrogens is 1. The van der Waals surface area contributed by atoms with Crippen molar-refractivity contribution in [3.8, 4) is 11.3 Å². The van der Waals surface area contributed by atoms with Crippen LogP contribution in [0.25, 0.3) is 22.3 Å². The van der Waals surface area contributed by atoms with Gasteiger partial charge in [-0.3, -0.25) is 0 Å². The summed E-state index contributed by atoms with van der Waals surface area (Å²) in [5, 5.41) is 1.09. The highest BCUT2D eigenvalue weighted by Crippen LogP contribution is 2.26. The average Bonchev–Trinajstić information content (AvgIpc) is 3.00. The van der Waals surface area contributed by atoms with E-state index in [4.69, 9.17) is 4.98 Å². The maximum absolute atomic E-state index is 4.76. The largest absolute Gasteiger partial charge is 0.345 e. The third kappa shape index (κ3) is 2.31. The summed E-state index contributed by atoms with van der Waals surface area (Å²) in [6, 6.07) is 5.96. The van der Waals surface area contributed by atoms with Gasteiger partial charge in [-0.25, -0.2) is 15.0 Å². The van der Waals surface area contributed by atoms with E-state index >= 15 is 0 Å². The fraction of sp³-hybridized carbons (Fsp3) is 0.312. The normalized spacial score (nSPS) is 16.3. The number of rotatable bonds is 2. The lowest BCUT2D eigenvalue weighted by molar-refractivity contribution is 0.311. The van der Waals surface area contributed by atoms with Crippen LogP contribution >= 0.6 is 0 Å². The SMILES string of the molecule is CN1CCN(c2nccc(-c3c[nH]c4ncccc34)n2)CC1. The molecule has 1 aliphatic rings. The van der Waals surface area contributed by atoms with Crippen LogP contribution in [0.2, 0.25) is 0 Å². The Hall–Kier alpha value is -2.47. The van der Waals surface area contributed by atoms with Crippen LogP contribution in [-0.4, -0.2) is 58.1 Å². The second-order valence-electron chi connectivity index (χ2n) is 5.63. The van der Waals surface area contributed by atoms with Crippen LogP contribution in [0.3, 0.4) is 0 Å². The Morgan fingerprint density at radius 3 is 2.77 bits per heavy atom. The van der Waals surface area contributed by atoms with Gasteiger partial charge < -0.3 is 14.8 Å². The minimum atomic E-state index is 0.809. The molecular formula is C16H18N6. The van der Waals surface area contributed by atoms with Crippen molar-refractivity contribution in [2.24, 2.45) is 0 Å². The molecule has 3 aromatic heterocycles. The summed E-state index contributed by atoms with van der Waals surface area (Å²) >= 11 is 0. The van der Waals surface area contributed by atoms with Gasteiger partial charge in [0.25, 0.3) is 0 Å². The van der Waals surface area contributed by atoms with Crippen molar-refractivity contribution in [1.29, 1.82) is 0 Å². The third-order valence-corrected chi connectivity index (χ3v) is 4.16. The molecule has 0 bridgehead atoms. The maximum atomic E-state index is 4.76. The van der Waals surface area contributed by atoms with Gasteiger partial charge in [0, 0.05) is 55.7 Å². The van der Waals surface area contributed by atoms with Crippen molar-refractivity contribution in [2.75, 3.05) is 38.1 Å². The molecule has 1 saturated heterocycles. The maximum Gasteiger partial charge on any atom is 0.225 e. The number of likely N-dealkylation sites (N-methyl/N-ethyl adjacent to an activating group) is 1. The van der Waals surface area contributed by atoms with Crippen molar-refractivity contribution in [2.45, 2.75) is 0 Å². The number of anilines is 1. The summed E-state index contributed by atoms with van der Waals surface area (Å²) in [4.78, 5) is 21.3. The summed E-state index contributed by atoms with van der Waals surface area (Å²) in [6.07, 6.45) is 5.59. The van der Waals surface area contributed by atoms with Gasteiger partial charge >= 0.3 is 0 Å². The molecule has 112 valence electrons. The Balaban J connectivity index is 1.70. The second-order valence-corrected chi connectivity index (χ2v) is 5.63. The molecular weight excluding hydrogens is 276 g/mol. The van der Waals surface area contributed by atoms with Crippen LogP contribution < -0.4 is 4.90 Å². The van der Waals surface area contributed by atoms with Gasteiger partial charge in [-0.05, 0) is 25.2 Å². The number of hydrogen-bond acceptors (Lipinski definition) is 5. The molecule has 22 heavy (non-hydrogen) atoms.